The Labute approximate surface area is 105 Å². The summed E-state index contributed by atoms with van der Waals surface area (Å²) in [5.41, 5.74) is -0.295. The van der Waals surface area contributed by atoms with Gasteiger partial charge in [0.2, 0.25) is 6.79 Å². The lowest BCUT2D eigenvalue weighted by atomic mass is 10.0. The Bertz CT molecular complexity index is 457. The lowest BCUT2D eigenvalue weighted by Crippen LogP contribution is -2.37. The van der Waals surface area contributed by atoms with Crippen molar-refractivity contribution in [3.8, 4) is 11.5 Å². The maximum Gasteiger partial charge on any atom is 0.335 e. The minimum atomic E-state index is -1.16. The number of carboxylic acid groups (broad SMARTS) is 1. The third-order valence-electron chi connectivity index (χ3n) is 3.12. The minimum Gasteiger partial charge on any atom is -0.479 e. The van der Waals surface area contributed by atoms with Crippen LogP contribution in [0.15, 0.2) is 18.2 Å². The van der Waals surface area contributed by atoms with Crippen LogP contribution in [0.2, 0.25) is 0 Å². The fourth-order valence-electron chi connectivity index (χ4n) is 1.59. The van der Waals surface area contributed by atoms with Crippen molar-refractivity contribution in [3.05, 3.63) is 23.8 Å². The number of benzene rings is 1. The van der Waals surface area contributed by atoms with Crippen LogP contribution in [-0.2, 0) is 16.1 Å². The van der Waals surface area contributed by atoms with Crippen LogP contribution in [0.5, 0.6) is 11.5 Å². The van der Waals surface area contributed by atoms with Crippen LogP contribution in [0.1, 0.15) is 25.8 Å². The molecule has 1 unspecified atom stereocenters. The maximum absolute atomic E-state index is 11.1. The van der Waals surface area contributed by atoms with E-state index in [2.05, 4.69) is 0 Å². The number of aliphatic carboxylic acids is 1. The molecule has 1 aliphatic rings. The predicted molar refractivity (Wildman–Crippen MR) is 63.7 cm³/mol. The molecular weight excluding hydrogens is 236 g/mol. The van der Waals surface area contributed by atoms with Crippen LogP contribution in [0, 0.1) is 0 Å². The molecule has 0 spiro atoms. The van der Waals surface area contributed by atoms with E-state index in [0.717, 1.165) is 5.56 Å². The van der Waals surface area contributed by atoms with Crippen molar-refractivity contribution >= 4 is 5.97 Å². The fourth-order valence-corrected chi connectivity index (χ4v) is 1.59. The normalized spacial score (nSPS) is 16.3. The Kier molecular flexibility index (Phi) is 3.43. The molecule has 0 bridgehead atoms. The topological polar surface area (TPSA) is 65.0 Å². The number of rotatable bonds is 5. The summed E-state index contributed by atoms with van der Waals surface area (Å²) >= 11 is 0. The van der Waals surface area contributed by atoms with E-state index in [1.165, 1.54) is 0 Å². The van der Waals surface area contributed by atoms with Gasteiger partial charge in [-0.05, 0) is 31.0 Å². The first-order valence-electron chi connectivity index (χ1n) is 5.81. The van der Waals surface area contributed by atoms with E-state index in [-0.39, 0.29) is 13.4 Å². The van der Waals surface area contributed by atoms with Crippen LogP contribution in [0.25, 0.3) is 0 Å². The van der Waals surface area contributed by atoms with Crippen molar-refractivity contribution in [2.45, 2.75) is 32.5 Å². The van der Waals surface area contributed by atoms with Gasteiger partial charge in [0.05, 0.1) is 6.61 Å². The van der Waals surface area contributed by atoms with Crippen LogP contribution in [0.3, 0.4) is 0 Å². The van der Waals surface area contributed by atoms with E-state index in [9.17, 15) is 4.79 Å². The molecule has 1 aliphatic heterocycles. The summed E-state index contributed by atoms with van der Waals surface area (Å²) in [5.74, 6) is 0.422. The minimum absolute atomic E-state index is 0.224. The second-order valence-corrected chi connectivity index (χ2v) is 4.37. The van der Waals surface area contributed by atoms with Crippen molar-refractivity contribution in [2.24, 2.45) is 0 Å². The molecule has 1 heterocycles. The standard InChI is InChI=1S/C13H16O5/c1-3-13(2,12(14)15)18-7-9-4-5-10-11(6-9)17-8-16-10/h4-6H,3,7-8H2,1-2H3,(H,14,15). The maximum atomic E-state index is 11.1. The van der Waals surface area contributed by atoms with Crippen molar-refractivity contribution in [1.29, 1.82) is 0 Å². The van der Waals surface area contributed by atoms with Crippen LogP contribution < -0.4 is 9.47 Å². The second-order valence-electron chi connectivity index (χ2n) is 4.37. The number of carboxylic acids is 1. The number of hydrogen-bond acceptors (Lipinski definition) is 4. The van der Waals surface area contributed by atoms with Crippen LogP contribution in [-0.4, -0.2) is 23.5 Å². The highest BCUT2D eigenvalue weighted by Gasteiger charge is 2.32. The summed E-state index contributed by atoms with van der Waals surface area (Å²) < 4.78 is 15.9. The van der Waals surface area contributed by atoms with Crippen molar-refractivity contribution in [3.63, 3.8) is 0 Å². The monoisotopic (exact) mass is 252 g/mol. The van der Waals surface area contributed by atoms with E-state index in [0.29, 0.717) is 17.9 Å². The molecule has 1 aromatic carbocycles. The second kappa shape index (κ2) is 4.86. The quantitative estimate of drug-likeness (QED) is 0.870. The van der Waals surface area contributed by atoms with Gasteiger partial charge in [-0.25, -0.2) is 4.79 Å². The lowest BCUT2D eigenvalue weighted by Gasteiger charge is -2.23. The summed E-state index contributed by atoms with van der Waals surface area (Å²) in [4.78, 5) is 11.1. The number of fused-ring (bicyclic) bond motifs is 1. The molecular formula is C13H16O5. The van der Waals surface area contributed by atoms with Crippen molar-refractivity contribution < 1.29 is 24.1 Å². The van der Waals surface area contributed by atoms with Crippen LogP contribution >= 0.6 is 0 Å². The molecule has 0 aliphatic carbocycles. The average molecular weight is 252 g/mol. The van der Waals surface area contributed by atoms with Gasteiger partial charge in [-0.1, -0.05) is 13.0 Å². The van der Waals surface area contributed by atoms with E-state index in [1.807, 2.05) is 6.07 Å². The van der Waals surface area contributed by atoms with E-state index < -0.39 is 11.6 Å². The molecule has 5 heteroatoms. The first kappa shape index (κ1) is 12.7. The Morgan fingerprint density at radius 1 is 1.44 bits per heavy atom. The average Bonchev–Trinajstić information content (AvgIpc) is 2.82. The molecule has 98 valence electrons. The molecule has 2 rings (SSSR count). The first-order chi connectivity index (χ1) is 8.55. The molecule has 0 aromatic heterocycles. The molecule has 0 fully saturated rings. The summed E-state index contributed by atoms with van der Waals surface area (Å²) in [5, 5.41) is 9.10. The Morgan fingerprint density at radius 2 is 2.17 bits per heavy atom. The molecule has 18 heavy (non-hydrogen) atoms. The highest BCUT2D eigenvalue weighted by Crippen LogP contribution is 2.33. The van der Waals surface area contributed by atoms with Gasteiger partial charge in [-0.3, -0.25) is 0 Å². The van der Waals surface area contributed by atoms with Gasteiger partial charge in [-0.15, -0.1) is 0 Å². The van der Waals surface area contributed by atoms with Gasteiger partial charge in [-0.2, -0.15) is 0 Å². The van der Waals surface area contributed by atoms with Crippen LogP contribution in [0.4, 0.5) is 0 Å². The molecule has 0 radical (unpaired) electrons. The van der Waals surface area contributed by atoms with Gasteiger partial charge >= 0.3 is 5.97 Å². The summed E-state index contributed by atoms with van der Waals surface area (Å²) in [6.45, 7) is 3.81. The van der Waals surface area contributed by atoms with E-state index in [1.54, 1.807) is 26.0 Å². The number of ether oxygens (including phenoxy) is 3. The molecule has 0 saturated heterocycles. The van der Waals surface area contributed by atoms with Gasteiger partial charge in [0.1, 0.15) is 0 Å². The van der Waals surface area contributed by atoms with Gasteiger partial charge in [0, 0.05) is 0 Å². The SMILES string of the molecule is CCC(C)(OCc1ccc2c(c1)OCO2)C(=O)O. The zero-order valence-corrected chi connectivity index (χ0v) is 10.4. The molecule has 5 nitrogen and oxygen atoms in total. The highest BCUT2D eigenvalue weighted by molar-refractivity contribution is 5.76. The fraction of sp³-hybridized carbons (Fsp3) is 0.462. The van der Waals surface area contributed by atoms with E-state index >= 15 is 0 Å². The Morgan fingerprint density at radius 3 is 2.83 bits per heavy atom. The Hall–Kier alpha value is -1.75. The predicted octanol–water partition coefficient (Wildman–Crippen LogP) is 2.19. The first-order valence-corrected chi connectivity index (χ1v) is 5.81. The third-order valence-corrected chi connectivity index (χ3v) is 3.12. The zero-order valence-electron chi connectivity index (χ0n) is 10.4. The van der Waals surface area contributed by atoms with Gasteiger partial charge < -0.3 is 19.3 Å². The molecule has 1 atom stereocenters. The molecule has 0 saturated carbocycles. The smallest absolute Gasteiger partial charge is 0.335 e. The Balaban J connectivity index is 2.04. The third kappa shape index (κ3) is 2.41. The van der Waals surface area contributed by atoms with Gasteiger partial charge in [0.25, 0.3) is 0 Å². The lowest BCUT2D eigenvalue weighted by molar-refractivity contribution is -0.165. The van der Waals surface area contributed by atoms with Crippen molar-refractivity contribution in [1.82, 2.24) is 0 Å². The zero-order chi connectivity index (χ0) is 13.2. The molecule has 1 aromatic rings. The summed E-state index contributed by atoms with van der Waals surface area (Å²) in [6.07, 6.45) is 0.410. The highest BCUT2D eigenvalue weighted by atomic mass is 16.7. The number of carbonyl (C=O) groups is 1. The van der Waals surface area contributed by atoms with E-state index in [4.69, 9.17) is 19.3 Å². The number of hydrogen-bond donors (Lipinski definition) is 1. The molecule has 0 amide bonds. The summed E-state index contributed by atoms with van der Waals surface area (Å²) in [6, 6.07) is 5.44. The largest absolute Gasteiger partial charge is 0.479 e. The molecule has 1 N–H and O–H groups in total. The van der Waals surface area contributed by atoms with Gasteiger partial charge in [0.15, 0.2) is 17.1 Å². The summed E-state index contributed by atoms with van der Waals surface area (Å²) in [7, 11) is 0. The van der Waals surface area contributed by atoms with Crippen molar-refractivity contribution in [2.75, 3.05) is 6.79 Å².